The average molecular weight is 624 g/mol. The number of alkyl halides is 3. The van der Waals surface area contributed by atoms with Crippen molar-refractivity contribution in [2.45, 2.75) is 39.5 Å². The second-order valence-electron chi connectivity index (χ2n) is 10.9. The van der Waals surface area contributed by atoms with Crippen LogP contribution in [0.15, 0.2) is 72.3 Å². The lowest BCUT2D eigenvalue weighted by molar-refractivity contribution is -0.356. The van der Waals surface area contributed by atoms with Crippen LogP contribution in [0.3, 0.4) is 0 Å². The summed E-state index contributed by atoms with van der Waals surface area (Å²) in [6, 6.07) is 7.23. The Kier molecular flexibility index (Phi) is 7.29. The first-order valence-electron chi connectivity index (χ1n) is 13.9. The minimum Gasteiger partial charge on any atom is -0.394 e. The van der Waals surface area contributed by atoms with Crippen LogP contribution < -0.4 is 10.6 Å². The van der Waals surface area contributed by atoms with Crippen molar-refractivity contribution in [1.29, 1.82) is 0 Å². The van der Waals surface area contributed by atoms with Crippen LogP contribution in [0.5, 0.6) is 0 Å². The fourth-order valence-corrected chi connectivity index (χ4v) is 5.41. The zero-order chi connectivity index (χ0) is 32.1. The third-order valence-electron chi connectivity index (χ3n) is 7.53. The normalized spacial score (nSPS) is 15.1. The van der Waals surface area contributed by atoms with Gasteiger partial charge in [0.15, 0.2) is 11.4 Å². The van der Waals surface area contributed by atoms with Crippen molar-refractivity contribution in [3.05, 3.63) is 101 Å². The quantitative estimate of drug-likeness (QED) is 0.206. The number of rotatable bonds is 8. The van der Waals surface area contributed by atoms with Crippen LogP contribution in [0.4, 0.5) is 33.2 Å². The number of carbonyl (C=O) groups excluding carboxylic acids is 2. The van der Waals surface area contributed by atoms with Gasteiger partial charge in [0.1, 0.15) is 12.9 Å². The lowest BCUT2D eigenvalue weighted by atomic mass is 9.91. The average Bonchev–Trinajstić information content (AvgIpc) is 3.75. The summed E-state index contributed by atoms with van der Waals surface area (Å²) >= 11 is 0. The Morgan fingerprint density at radius 3 is 2.49 bits per heavy atom. The molecule has 0 fully saturated rings. The van der Waals surface area contributed by atoms with Crippen LogP contribution in [0.2, 0.25) is 0 Å². The van der Waals surface area contributed by atoms with Crippen LogP contribution >= 0.6 is 0 Å². The Labute approximate surface area is 253 Å². The lowest BCUT2D eigenvalue weighted by Gasteiger charge is -2.29. The van der Waals surface area contributed by atoms with Gasteiger partial charge in [0.2, 0.25) is 5.91 Å². The summed E-state index contributed by atoms with van der Waals surface area (Å²) in [5.41, 5.74) is 2.57. The van der Waals surface area contributed by atoms with Gasteiger partial charge in [-0.05, 0) is 67.9 Å². The van der Waals surface area contributed by atoms with Crippen LogP contribution in [0.25, 0.3) is 6.08 Å². The summed E-state index contributed by atoms with van der Waals surface area (Å²) < 4.78 is 73.8. The molecule has 2 N–H and O–H groups in total. The summed E-state index contributed by atoms with van der Waals surface area (Å²) in [7, 11) is 0. The largest absolute Gasteiger partial charge is 0.737 e. The molecule has 0 saturated carbocycles. The molecule has 232 valence electrons. The number of halogens is 5. The van der Waals surface area contributed by atoms with E-state index < -0.39 is 24.6 Å². The van der Waals surface area contributed by atoms with E-state index in [1.54, 1.807) is 38.3 Å². The molecule has 5 heterocycles. The highest BCUT2D eigenvalue weighted by molar-refractivity contribution is 6.57. The number of hydrogen-bond acceptors (Lipinski definition) is 4. The predicted molar refractivity (Wildman–Crippen MR) is 157 cm³/mol. The van der Waals surface area contributed by atoms with Crippen molar-refractivity contribution in [2.75, 3.05) is 10.6 Å². The summed E-state index contributed by atoms with van der Waals surface area (Å²) in [6.07, 6.45) is 5.18. The van der Waals surface area contributed by atoms with Crippen molar-refractivity contribution in [2.24, 2.45) is 0 Å². The molecule has 2 amide bonds. The van der Waals surface area contributed by atoms with Gasteiger partial charge in [0, 0.05) is 41.7 Å². The number of aryl methyl sites for hydroxylation is 2. The predicted octanol–water partition coefficient (Wildman–Crippen LogP) is 5.29. The maximum absolute atomic E-state index is 15.3. The number of nitrogens with zero attached hydrogens (tertiary/aromatic N) is 6. The fourth-order valence-electron chi connectivity index (χ4n) is 5.41. The molecule has 0 atom stereocenters. The molecule has 2 aliphatic heterocycles. The highest BCUT2D eigenvalue weighted by Crippen LogP contribution is 2.34. The minimum atomic E-state index is -4.48. The molecule has 3 aromatic heterocycles. The van der Waals surface area contributed by atoms with Crippen molar-refractivity contribution in [3.8, 4) is 0 Å². The van der Waals surface area contributed by atoms with Gasteiger partial charge < -0.3 is 28.2 Å². The Balaban J connectivity index is 1.01. The minimum absolute atomic E-state index is 0.0401. The van der Waals surface area contributed by atoms with Gasteiger partial charge in [-0.15, -0.1) is 0 Å². The number of anilines is 2. The van der Waals surface area contributed by atoms with Crippen molar-refractivity contribution < 1.29 is 35.9 Å². The third kappa shape index (κ3) is 5.95. The Morgan fingerprint density at radius 2 is 1.76 bits per heavy atom. The van der Waals surface area contributed by atoms with E-state index in [1.165, 1.54) is 34.0 Å². The Hall–Kier alpha value is -5.28. The highest BCUT2D eigenvalue weighted by atomic mass is 19.4. The molecular weight excluding hydrogens is 598 g/mol. The van der Waals surface area contributed by atoms with Gasteiger partial charge in [-0.3, -0.25) is 14.3 Å². The first-order valence-corrected chi connectivity index (χ1v) is 13.9. The molecule has 16 heteroatoms. The van der Waals surface area contributed by atoms with Crippen LogP contribution in [0.1, 0.15) is 45.8 Å². The van der Waals surface area contributed by atoms with Gasteiger partial charge in [0.05, 0.1) is 23.6 Å². The van der Waals surface area contributed by atoms with Gasteiger partial charge in [-0.1, -0.05) is 0 Å². The second-order valence-corrected chi connectivity index (χ2v) is 10.9. The maximum Gasteiger partial charge on any atom is 0.737 e. The summed E-state index contributed by atoms with van der Waals surface area (Å²) in [5, 5.41) is 13.6. The SMILES string of the molecule is Cc1cc(C)n2c1C=C1C=C(CCC(=O)Nc3cnn(Cn4ccc(C(=O)Nc5ccc(C(F)(F)F)cc5)n4)c3)C=[N+]1[B-]2(F)F. The van der Waals surface area contributed by atoms with Crippen LogP contribution in [-0.4, -0.2) is 53.5 Å². The lowest BCUT2D eigenvalue weighted by Crippen LogP contribution is -2.49. The molecule has 0 radical (unpaired) electrons. The first kappa shape index (κ1) is 29.8. The van der Waals surface area contributed by atoms with Crippen LogP contribution in [-0.2, 0) is 17.6 Å². The van der Waals surface area contributed by atoms with E-state index in [9.17, 15) is 22.8 Å². The van der Waals surface area contributed by atoms with Gasteiger partial charge in [-0.25, -0.2) is 4.68 Å². The second kappa shape index (κ2) is 11.0. The molecule has 0 bridgehead atoms. The van der Waals surface area contributed by atoms with E-state index in [2.05, 4.69) is 20.8 Å². The van der Waals surface area contributed by atoms with Crippen LogP contribution in [0, 0.1) is 13.8 Å². The Bertz CT molecular complexity index is 1910. The molecule has 1 aromatic carbocycles. The van der Waals surface area contributed by atoms with E-state index in [0.29, 0.717) is 28.3 Å². The molecule has 2 aliphatic rings. The fraction of sp³-hybridized carbons (Fsp3) is 0.207. The number of amides is 2. The number of carbonyl (C=O) groups is 2. The molecule has 0 unspecified atom stereocenters. The van der Waals surface area contributed by atoms with Gasteiger partial charge in [-0.2, -0.15) is 23.4 Å². The molecule has 0 aliphatic carbocycles. The topological polar surface area (TPSA) is 102 Å². The first-order chi connectivity index (χ1) is 21.3. The monoisotopic (exact) mass is 624 g/mol. The summed E-state index contributed by atoms with van der Waals surface area (Å²) in [4.78, 5) is 25.1. The van der Waals surface area contributed by atoms with Crippen molar-refractivity contribution in [1.82, 2.24) is 24.0 Å². The summed E-state index contributed by atoms with van der Waals surface area (Å²) in [5.74, 6) is -0.924. The number of allylic oxidation sites excluding steroid dienone is 2. The van der Waals surface area contributed by atoms with E-state index in [1.807, 2.05) is 0 Å². The van der Waals surface area contributed by atoms with E-state index in [0.717, 1.165) is 38.8 Å². The number of benzene rings is 1. The standard InChI is InChI=1S/C29H26BF5N8O2/c1-18-11-19(2)43-26(18)13-24-12-20(15-42(24)30(43,34)35)3-8-27(44)37-23-14-36-41(16-23)17-40-10-9-25(39-40)28(45)38-22-6-4-21(5-7-22)29(31,32)33/h4-7,9-16H,3,8,17H2,1-2H3,(H,37,44)(H,38,45). The molecule has 4 aromatic rings. The highest BCUT2D eigenvalue weighted by Gasteiger charge is 2.51. The molecule has 0 spiro atoms. The molecule has 6 rings (SSSR count). The number of fused-ring (bicyclic) bond motifs is 2. The van der Waals surface area contributed by atoms with E-state index in [4.69, 9.17) is 0 Å². The summed E-state index contributed by atoms with van der Waals surface area (Å²) in [6.45, 7) is -0.479. The molecule has 45 heavy (non-hydrogen) atoms. The molecule has 10 nitrogen and oxygen atoms in total. The molecular formula is C29H26BF5N8O2. The zero-order valence-corrected chi connectivity index (χ0v) is 24.0. The zero-order valence-electron chi connectivity index (χ0n) is 24.0. The van der Waals surface area contributed by atoms with Gasteiger partial charge >= 0.3 is 13.1 Å². The molecule has 0 saturated heterocycles. The van der Waals surface area contributed by atoms with E-state index in [-0.39, 0.29) is 36.8 Å². The van der Waals surface area contributed by atoms with E-state index >= 15 is 8.63 Å². The Morgan fingerprint density at radius 1 is 1.00 bits per heavy atom. The van der Waals surface area contributed by atoms with Crippen molar-refractivity contribution >= 4 is 42.4 Å². The number of aromatic nitrogens is 5. The maximum atomic E-state index is 15.3. The number of nitrogens with one attached hydrogen (secondary N) is 2. The number of hydrogen-bond donors (Lipinski definition) is 2. The van der Waals surface area contributed by atoms with Gasteiger partial charge in [0.25, 0.3) is 5.91 Å². The smallest absolute Gasteiger partial charge is 0.394 e. The third-order valence-corrected chi connectivity index (χ3v) is 7.53. The van der Waals surface area contributed by atoms with Crippen molar-refractivity contribution in [3.63, 3.8) is 0 Å².